The van der Waals surface area contributed by atoms with E-state index in [9.17, 15) is 9.59 Å². The number of carbonyl (C=O) groups excluding carboxylic acids is 2. The minimum absolute atomic E-state index is 0.236. The van der Waals surface area contributed by atoms with Crippen molar-refractivity contribution in [3.05, 3.63) is 57.5 Å². The molecule has 2 heterocycles. The number of dihydropyridines is 1. The lowest BCUT2D eigenvalue weighted by Crippen LogP contribution is -2.47. The van der Waals surface area contributed by atoms with E-state index in [1.807, 2.05) is 25.1 Å². The number of hydrogen-bond acceptors (Lipinski definition) is 5. The third-order valence-corrected chi connectivity index (χ3v) is 5.27. The van der Waals surface area contributed by atoms with Crippen molar-refractivity contribution < 1.29 is 19.1 Å². The Hall–Kier alpha value is -2.51. The molecule has 1 fully saturated rings. The number of rotatable bonds is 3. The summed E-state index contributed by atoms with van der Waals surface area (Å²) in [6, 6.07) is 7.05. The molecule has 0 aromatic heterocycles. The van der Waals surface area contributed by atoms with E-state index in [0.29, 0.717) is 48.3 Å². The van der Waals surface area contributed by atoms with Gasteiger partial charge in [0.1, 0.15) is 0 Å². The Balaban J connectivity index is 2.02. The van der Waals surface area contributed by atoms with Crippen molar-refractivity contribution in [3.63, 3.8) is 0 Å². The molecule has 0 radical (unpaired) electrons. The monoisotopic (exact) mass is 405 g/mol. The summed E-state index contributed by atoms with van der Waals surface area (Å²) < 4.78 is 10.3. The number of nitrogens with zero attached hydrogens (tertiary/aromatic N) is 1. The van der Waals surface area contributed by atoms with E-state index in [2.05, 4.69) is 10.6 Å². The second-order valence-corrected chi connectivity index (χ2v) is 7.09. The summed E-state index contributed by atoms with van der Waals surface area (Å²) in [4.78, 5) is 27.1. The number of nitrogens with one attached hydrogen (secondary N) is 2. The number of urea groups is 1. The molecule has 150 valence electrons. The van der Waals surface area contributed by atoms with Gasteiger partial charge in [-0.1, -0.05) is 29.8 Å². The number of morpholine rings is 1. The fraction of sp³-hybridized carbons (Fsp3) is 0.400. The normalized spacial score (nSPS) is 20.0. The minimum Gasteiger partial charge on any atom is -0.466 e. The number of amides is 2. The molecule has 2 N–H and O–H groups in total. The molecule has 7 nitrogen and oxygen atoms in total. The smallest absolute Gasteiger partial charge is 0.336 e. The molecule has 2 aliphatic rings. The Bertz CT molecular complexity index is 844. The first-order valence-electron chi connectivity index (χ1n) is 9.09. The average molecular weight is 406 g/mol. The molecule has 8 heteroatoms. The third-order valence-electron chi connectivity index (χ3n) is 4.92. The zero-order valence-electron chi connectivity index (χ0n) is 16.2. The van der Waals surface area contributed by atoms with Gasteiger partial charge in [-0.05, 0) is 25.5 Å². The van der Waals surface area contributed by atoms with Crippen molar-refractivity contribution in [1.82, 2.24) is 15.5 Å². The number of esters is 1. The summed E-state index contributed by atoms with van der Waals surface area (Å²) in [7, 11) is 1.34. The Morgan fingerprint density at radius 2 is 1.89 bits per heavy atom. The molecule has 0 aliphatic carbocycles. The molecule has 1 aromatic rings. The quantitative estimate of drug-likeness (QED) is 0.756. The lowest BCUT2D eigenvalue weighted by molar-refractivity contribution is -0.136. The van der Waals surface area contributed by atoms with E-state index in [-0.39, 0.29) is 6.03 Å². The van der Waals surface area contributed by atoms with Crippen LogP contribution < -0.4 is 10.6 Å². The van der Waals surface area contributed by atoms with Crippen molar-refractivity contribution in [1.29, 1.82) is 0 Å². The maximum atomic E-state index is 12.8. The summed E-state index contributed by atoms with van der Waals surface area (Å²) >= 11 is 6.46. The van der Waals surface area contributed by atoms with Gasteiger partial charge in [0.2, 0.25) is 0 Å². The van der Waals surface area contributed by atoms with Crippen LogP contribution in [0.25, 0.3) is 0 Å². The van der Waals surface area contributed by atoms with Crippen LogP contribution in [0.2, 0.25) is 5.02 Å². The Labute approximate surface area is 169 Å². The first-order chi connectivity index (χ1) is 13.4. The third kappa shape index (κ3) is 4.00. The van der Waals surface area contributed by atoms with Crippen LogP contribution >= 0.6 is 11.6 Å². The van der Waals surface area contributed by atoms with Gasteiger partial charge in [0.05, 0.1) is 37.5 Å². The molecule has 0 saturated carbocycles. The lowest BCUT2D eigenvalue weighted by atomic mass is 9.84. The minimum atomic E-state index is -0.549. The highest BCUT2D eigenvalue weighted by Crippen LogP contribution is 2.40. The van der Waals surface area contributed by atoms with E-state index >= 15 is 0 Å². The summed E-state index contributed by atoms with van der Waals surface area (Å²) in [5, 5.41) is 6.68. The molecule has 0 spiro atoms. The maximum absolute atomic E-state index is 12.8. The summed E-state index contributed by atoms with van der Waals surface area (Å²) in [5.41, 5.74) is 3.13. The number of halogens is 1. The van der Waals surface area contributed by atoms with Gasteiger partial charge in [0, 0.05) is 29.5 Å². The number of carbonyl (C=O) groups is 2. The first-order valence-corrected chi connectivity index (χ1v) is 9.46. The molecule has 1 unspecified atom stereocenters. The predicted octanol–water partition coefficient (Wildman–Crippen LogP) is 2.75. The van der Waals surface area contributed by atoms with E-state index in [1.54, 1.807) is 17.9 Å². The van der Waals surface area contributed by atoms with Gasteiger partial charge in [-0.2, -0.15) is 0 Å². The van der Waals surface area contributed by atoms with Gasteiger partial charge in [-0.15, -0.1) is 0 Å². The van der Waals surface area contributed by atoms with Crippen LogP contribution in [0, 0.1) is 0 Å². The molecular formula is C20H24ClN3O4. The maximum Gasteiger partial charge on any atom is 0.336 e. The van der Waals surface area contributed by atoms with Crippen LogP contribution in [0.4, 0.5) is 4.79 Å². The Morgan fingerprint density at radius 1 is 1.21 bits per heavy atom. The van der Waals surface area contributed by atoms with Crippen LogP contribution in [-0.4, -0.2) is 50.3 Å². The molecule has 2 amide bonds. The van der Waals surface area contributed by atoms with Gasteiger partial charge < -0.3 is 25.0 Å². The van der Waals surface area contributed by atoms with Crippen LogP contribution in [0.15, 0.2) is 46.9 Å². The topological polar surface area (TPSA) is 79.9 Å². The van der Waals surface area contributed by atoms with Gasteiger partial charge >= 0.3 is 12.0 Å². The highest BCUT2D eigenvalue weighted by molar-refractivity contribution is 6.31. The Morgan fingerprint density at radius 3 is 2.54 bits per heavy atom. The molecule has 1 atom stereocenters. The molecular weight excluding hydrogens is 382 g/mol. The summed E-state index contributed by atoms with van der Waals surface area (Å²) in [5.74, 6) is -1.02. The van der Waals surface area contributed by atoms with Crippen LogP contribution in [-0.2, 0) is 14.3 Å². The highest BCUT2D eigenvalue weighted by atomic mass is 35.5. The van der Waals surface area contributed by atoms with Crippen LogP contribution in [0.3, 0.4) is 0 Å². The van der Waals surface area contributed by atoms with Crippen molar-refractivity contribution >= 4 is 23.6 Å². The second-order valence-electron chi connectivity index (χ2n) is 6.68. The molecule has 2 aliphatic heterocycles. The summed E-state index contributed by atoms with van der Waals surface area (Å²) in [6.07, 6.45) is 0. The van der Waals surface area contributed by atoms with Gasteiger partial charge in [-0.25, -0.2) is 9.59 Å². The second kappa shape index (κ2) is 8.67. The number of methoxy groups -OCH3 is 1. The van der Waals surface area contributed by atoms with Gasteiger partial charge in [0.25, 0.3) is 0 Å². The van der Waals surface area contributed by atoms with Gasteiger partial charge in [-0.3, -0.25) is 0 Å². The Kier molecular flexibility index (Phi) is 6.26. The zero-order valence-corrected chi connectivity index (χ0v) is 16.9. The standard InChI is InChI=1S/C20H24ClN3O4/c1-12-16(19(25)27-3)17(14-6-4-5-7-15(14)21)18(13(2)22-12)23-20(26)24-8-10-28-11-9-24/h4-7,17,22H,8-11H2,1-3H3,(H,23,26). The van der Waals surface area contributed by atoms with Crippen LogP contribution in [0.1, 0.15) is 25.3 Å². The fourth-order valence-electron chi connectivity index (χ4n) is 3.52. The molecule has 1 saturated heterocycles. The van der Waals surface area contributed by atoms with Crippen molar-refractivity contribution in [2.45, 2.75) is 19.8 Å². The molecule has 0 bridgehead atoms. The van der Waals surface area contributed by atoms with E-state index < -0.39 is 11.9 Å². The van der Waals surface area contributed by atoms with E-state index in [0.717, 1.165) is 11.3 Å². The largest absolute Gasteiger partial charge is 0.466 e. The molecule has 28 heavy (non-hydrogen) atoms. The fourth-order valence-corrected chi connectivity index (χ4v) is 3.77. The van der Waals surface area contributed by atoms with Crippen molar-refractivity contribution in [2.24, 2.45) is 0 Å². The van der Waals surface area contributed by atoms with E-state index in [4.69, 9.17) is 21.1 Å². The van der Waals surface area contributed by atoms with Crippen molar-refractivity contribution in [2.75, 3.05) is 33.4 Å². The first kappa shape index (κ1) is 20.2. The zero-order chi connectivity index (χ0) is 20.3. The average Bonchev–Trinajstić information content (AvgIpc) is 2.70. The summed E-state index contributed by atoms with van der Waals surface area (Å²) in [6.45, 7) is 5.70. The molecule has 1 aromatic carbocycles. The number of hydrogen-bond donors (Lipinski definition) is 2. The molecule has 3 rings (SSSR count). The lowest BCUT2D eigenvalue weighted by Gasteiger charge is -2.34. The van der Waals surface area contributed by atoms with Gasteiger partial charge in [0.15, 0.2) is 0 Å². The number of allylic oxidation sites excluding steroid dienone is 3. The number of ether oxygens (including phenoxy) is 2. The number of benzene rings is 1. The van der Waals surface area contributed by atoms with Crippen molar-refractivity contribution in [3.8, 4) is 0 Å². The SMILES string of the molecule is COC(=O)C1=C(C)NC(C)=C(NC(=O)N2CCOCC2)C1c1ccccc1Cl. The van der Waals surface area contributed by atoms with E-state index in [1.165, 1.54) is 7.11 Å². The predicted molar refractivity (Wildman–Crippen MR) is 106 cm³/mol. The highest BCUT2D eigenvalue weighted by Gasteiger charge is 2.36. The van der Waals surface area contributed by atoms with Crippen LogP contribution in [0.5, 0.6) is 0 Å².